The lowest BCUT2D eigenvalue weighted by atomic mass is 9.51. The molecule has 20 heavy (non-hydrogen) atoms. The van der Waals surface area contributed by atoms with E-state index in [0.29, 0.717) is 12.0 Å². The number of carboxylic acids is 1. The summed E-state index contributed by atoms with van der Waals surface area (Å²) >= 11 is 0. The van der Waals surface area contributed by atoms with Crippen molar-refractivity contribution in [3.63, 3.8) is 0 Å². The Balaban J connectivity index is 1.99. The minimum Gasteiger partial charge on any atom is -0.481 e. The monoisotopic (exact) mass is 280 g/mol. The summed E-state index contributed by atoms with van der Waals surface area (Å²) in [5, 5.41) is 10.2. The lowest BCUT2D eigenvalue weighted by molar-refractivity contribution is -0.167. The number of rotatable bonds is 2. The molecular formula is C17H28O3. The van der Waals surface area contributed by atoms with E-state index in [1.165, 1.54) is 19.3 Å². The number of carboxylic acid groups (broad SMARTS) is 1. The highest BCUT2D eigenvalue weighted by atomic mass is 16.6. The first kappa shape index (κ1) is 14.4. The molecule has 114 valence electrons. The molecule has 3 heteroatoms. The Hall–Kier alpha value is -0.570. The third kappa shape index (κ3) is 2.09. The van der Waals surface area contributed by atoms with Gasteiger partial charge in [0.2, 0.25) is 0 Å². The van der Waals surface area contributed by atoms with Gasteiger partial charge in [-0.1, -0.05) is 40.0 Å². The first-order valence-electron chi connectivity index (χ1n) is 8.26. The Kier molecular flexibility index (Phi) is 3.39. The lowest BCUT2D eigenvalue weighted by Crippen LogP contribution is -2.54. The molecule has 0 bridgehead atoms. The first-order chi connectivity index (χ1) is 9.37. The molecule has 1 heterocycles. The highest BCUT2D eigenvalue weighted by molar-refractivity contribution is 5.76. The maximum atomic E-state index is 12.3. The molecule has 0 amide bonds. The van der Waals surface area contributed by atoms with Crippen LogP contribution in [0.5, 0.6) is 0 Å². The normalized spacial score (nSPS) is 42.0. The highest BCUT2D eigenvalue weighted by Crippen LogP contribution is 2.62. The summed E-state index contributed by atoms with van der Waals surface area (Å²) in [6, 6.07) is 0. The molecule has 3 fully saturated rings. The molecule has 2 saturated carbocycles. The highest BCUT2D eigenvalue weighted by Gasteiger charge is 2.66. The number of fused-ring (bicyclic) bond motifs is 1. The number of aliphatic carboxylic acids is 1. The molecule has 3 nitrogen and oxygen atoms in total. The van der Waals surface area contributed by atoms with Crippen molar-refractivity contribution in [2.75, 3.05) is 0 Å². The quantitative estimate of drug-likeness (QED) is 0.781. The van der Waals surface area contributed by atoms with E-state index in [-0.39, 0.29) is 17.4 Å². The van der Waals surface area contributed by atoms with Gasteiger partial charge >= 0.3 is 5.97 Å². The van der Waals surface area contributed by atoms with E-state index in [9.17, 15) is 9.90 Å². The van der Waals surface area contributed by atoms with E-state index in [1.54, 1.807) is 0 Å². The second-order valence-corrected chi connectivity index (χ2v) is 8.20. The summed E-state index contributed by atoms with van der Waals surface area (Å²) in [5.74, 6) is -0.0456. The summed E-state index contributed by atoms with van der Waals surface area (Å²) in [6.45, 7) is 6.59. The van der Waals surface area contributed by atoms with E-state index in [2.05, 4.69) is 20.8 Å². The summed E-state index contributed by atoms with van der Waals surface area (Å²) in [7, 11) is 0. The van der Waals surface area contributed by atoms with E-state index < -0.39 is 11.4 Å². The molecule has 0 aromatic carbocycles. The van der Waals surface area contributed by atoms with Gasteiger partial charge in [-0.15, -0.1) is 0 Å². The van der Waals surface area contributed by atoms with E-state index in [0.717, 1.165) is 25.7 Å². The van der Waals surface area contributed by atoms with Crippen molar-refractivity contribution in [2.24, 2.45) is 22.7 Å². The minimum absolute atomic E-state index is 0.00429. The van der Waals surface area contributed by atoms with Crippen molar-refractivity contribution in [3.8, 4) is 0 Å². The molecule has 1 saturated heterocycles. The summed E-state index contributed by atoms with van der Waals surface area (Å²) < 4.78 is 5.85. The topological polar surface area (TPSA) is 49.8 Å². The fraction of sp³-hybridized carbons (Fsp3) is 0.941. The number of ether oxygens (including phenoxy) is 1. The van der Waals surface area contributed by atoms with Gasteiger partial charge < -0.3 is 9.84 Å². The molecule has 4 atom stereocenters. The van der Waals surface area contributed by atoms with Crippen LogP contribution in [0.25, 0.3) is 0 Å². The Morgan fingerprint density at radius 3 is 2.35 bits per heavy atom. The second kappa shape index (κ2) is 4.72. The van der Waals surface area contributed by atoms with Gasteiger partial charge in [-0.3, -0.25) is 4.79 Å². The number of carbonyl (C=O) groups is 1. The molecular weight excluding hydrogens is 252 g/mol. The van der Waals surface area contributed by atoms with Crippen LogP contribution in [0.4, 0.5) is 0 Å². The lowest BCUT2D eigenvalue weighted by Gasteiger charge is -2.51. The summed E-state index contributed by atoms with van der Waals surface area (Å²) in [6.07, 6.45) is 8.16. The summed E-state index contributed by atoms with van der Waals surface area (Å²) in [5.41, 5.74) is -0.550. The molecule has 0 spiro atoms. The van der Waals surface area contributed by atoms with Crippen molar-refractivity contribution in [1.29, 1.82) is 0 Å². The van der Waals surface area contributed by atoms with Gasteiger partial charge in [-0.2, -0.15) is 0 Å². The Morgan fingerprint density at radius 2 is 1.80 bits per heavy atom. The van der Waals surface area contributed by atoms with Crippen LogP contribution >= 0.6 is 0 Å². The molecule has 4 unspecified atom stereocenters. The predicted octanol–water partition coefficient (Wildman–Crippen LogP) is 3.86. The van der Waals surface area contributed by atoms with Crippen LogP contribution in [-0.4, -0.2) is 23.3 Å². The largest absolute Gasteiger partial charge is 0.481 e. The van der Waals surface area contributed by atoms with Crippen LogP contribution in [0.3, 0.4) is 0 Å². The van der Waals surface area contributed by atoms with Gasteiger partial charge in [-0.05, 0) is 37.0 Å². The zero-order chi connectivity index (χ0) is 14.5. The first-order valence-corrected chi connectivity index (χ1v) is 8.26. The van der Waals surface area contributed by atoms with Crippen molar-refractivity contribution < 1.29 is 14.6 Å². The molecule has 1 N–H and O–H groups in total. The van der Waals surface area contributed by atoms with Crippen molar-refractivity contribution in [1.82, 2.24) is 0 Å². The van der Waals surface area contributed by atoms with E-state index in [1.807, 2.05) is 0 Å². The Bertz CT molecular complexity index is 392. The van der Waals surface area contributed by atoms with Crippen LogP contribution in [0, 0.1) is 22.7 Å². The molecule has 0 aromatic heterocycles. The Labute approximate surface area is 122 Å². The van der Waals surface area contributed by atoms with Gasteiger partial charge in [0.1, 0.15) is 0 Å². The fourth-order valence-electron chi connectivity index (χ4n) is 5.27. The van der Waals surface area contributed by atoms with Crippen LogP contribution in [0.1, 0.15) is 65.7 Å². The number of hydrogen-bond acceptors (Lipinski definition) is 2. The molecule has 0 radical (unpaired) electrons. The SMILES string of the molecule is CC(C)(C)C1C2OC2CCC1(C(=O)O)C1CCCCC1. The second-order valence-electron chi connectivity index (χ2n) is 8.20. The van der Waals surface area contributed by atoms with Crippen LogP contribution < -0.4 is 0 Å². The van der Waals surface area contributed by atoms with Crippen LogP contribution in [0.15, 0.2) is 0 Å². The maximum Gasteiger partial charge on any atom is 0.310 e. The third-order valence-electron chi connectivity index (χ3n) is 6.01. The van der Waals surface area contributed by atoms with Crippen LogP contribution in [0.2, 0.25) is 0 Å². The van der Waals surface area contributed by atoms with Crippen molar-refractivity contribution in [3.05, 3.63) is 0 Å². The number of hydrogen-bond donors (Lipinski definition) is 1. The van der Waals surface area contributed by atoms with E-state index in [4.69, 9.17) is 4.74 Å². The average molecular weight is 280 g/mol. The molecule has 0 aromatic rings. The standard InChI is InChI=1S/C17H28O3/c1-16(2,3)14-13-12(20-13)9-10-17(14,15(18)19)11-7-5-4-6-8-11/h11-14H,4-10H2,1-3H3,(H,18,19). The Morgan fingerprint density at radius 1 is 1.15 bits per heavy atom. The predicted molar refractivity (Wildman–Crippen MR) is 77.5 cm³/mol. The van der Waals surface area contributed by atoms with Gasteiger partial charge in [0.05, 0.1) is 17.6 Å². The van der Waals surface area contributed by atoms with Crippen molar-refractivity contribution in [2.45, 2.75) is 77.9 Å². The maximum absolute atomic E-state index is 12.3. The molecule has 3 rings (SSSR count). The zero-order valence-corrected chi connectivity index (χ0v) is 13.0. The molecule has 3 aliphatic rings. The fourth-order valence-corrected chi connectivity index (χ4v) is 5.27. The van der Waals surface area contributed by atoms with E-state index >= 15 is 0 Å². The average Bonchev–Trinajstić information content (AvgIpc) is 3.15. The smallest absolute Gasteiger partial charge is 0.310 e. The zero-order valence-electron chi connectivity index (χ0n) is 13.0. The van der Waals surface area contributed by atoms with Crippen molar-refractivity contribution >= 4 is 5.97 Å². The minimum atomic E-state index is -0.557. The van der Waals surface area contributed by atoms with Gasteiger partial charge in [0, 0.05) is 5.92 Å². The van der Waals surface area contributed by atoms with Gasteiger partial charge in [0.15, 0.2) is 0 Å². The molecule has 1 aliphatic heterocycles. The summed E-state index contributed by atoms with van der Waals surface area (Å²) in [4.78, 5) is 12.3. The molecule has 2 aliphatic carbocycles. The third-order valence-corrected chi connectivity index (χ3v) is 6.01. The van der Waals surface area contributed by atoms with Gasteiger partial charge in [-0.25, -0.2) is 0 Å². The van der Waals surface area contributed by atoms with Gasteiger partial charge in [0.25, 0.3) is 0 Å². The van der Waals surface area contributed by atoms with Crippen LogP contribution in [-0.2, 0) is 9.53 Å². The number of epoxide rings is 1.